The number of halogens is 1. The summed E-state index contributed by atoms with van der Waals surface area (Å²) < 4.78 is 14.0. The normalized spacial score (nSPS) is 14.3. The van der Waals surface area contributed by atoms with Crippen LogP contribution in [0.4, 0.5) is 21.8 Å². The van der Waals surface area contributed by atoms with Crippen molar-refractivity contribution in [2.75, 3.05) is 41.3 Å². The smallest absolute Gasteiger partial charge is 0.227 e. The molecule has 0 saturated carbocycles. The Bertz CT molecular complexity index is 880. The van der Waals surface area contributed by atoms with E-state index in [4.69, 9.17) is 0 Å². The van der Waals surface area contributed by atoms with Gasteiger partial charge in [-0.05, 0) is 30.3 Å². The Labute approximate surface area is 157 Å². The van der Waals surface area contributed by atoms with Crippen LogP contribution in [0.1, 0.15) is 5.69 Å². The molecule has 4 rings (SSSR count). The van der Waals surface area contributed by atoms with Crippen molar-refractivity contribution >= 4 is 17.5 Å². The molecule has 7 heteroatoms. The number of nitrogens with zero attached hydrogens (tertiary/aromatic N) is 5. The van der Waals surface area contributed by atoms with Gasteiger partial charge >= 0.3 is 0 Å². The van der Waals surface area contributed by atoms with E-state index in [-0.39, 0.29) is 5.82 Å². The molecule has 1 saturated heterocycles. The zero-order valence-corrected chi connectivity index (χ0v) is 14.9. The minimum absolute atomic E-state index is 0.178. The molecule has 3 heterocycles. The molecule has 0 amide bonds. The highest BCUT2D eigenvalue weighted by Crippen LogP contribution is 2.21. The lowest BCUT2D eigenvalue weighted by atomic mass is 10.2. The SMILES string of the molecule is Fc1ccccc1N1CCN(c2nccc(NCc3ccccn3)n2)CC1. The maximum Gasteiger partial charge on any atom is 0.227 e. The largest absolute Gasteiger partial charge is 0.366 e. The van der Waals surface area contributed by atoms with E-state index in [1.54, 1.807) is 18.5 Å². The number of hydrogen-bond acceptors (Lipinski definition) is 6. The second-order valence-electron chi connectivity index (χ2n) is 6.34. The average Bonchev–Trinajstić information content (AvgIpc) is 2.74. The molecule has 0 bridgehead atoms. The van der Waals surface area contributed by atoms with Crippen molar-refractivity contribution < 1.29 is 4.39 Å². The van der Waals surface area contributed by atoms with Crippen molar-refractivity contribution in [3.05, 3.63) is 72.4 Å². The number of anilines is 3. The van der Waals surface area contributed by atoms with Crippen molar-refractivity contribution in [3.8, 4) is 0 Å². The maximum atomic E-state index is 14.0. The van der Waals surface area contributed by atoms with E-state index in [1.165, 1.54) is 6.07 Å². The van der Waals surface area contributed by atoms with Gasteiger partial charge in [-0.3, -0.25) is 4.98 Å². The number of hydrogen-bond donors (Lipinski definition) is 1. The van der Waals surface area contributed by atoms with E-state index < -0.39 is 0 Å². The van der Waals surface area contributed by atoms with Gasteiger partial charge in [-0.25, -0.2) is 9.37 Å². The second kappa shape index (κ2) is 7.99. The molecule has 1 aliphatic rings. The summed E-state index contributed by atoms with van der Waals surface area (Å²) in [7, 11) is 0. The Balaban J connectivity index is 1.38. The second-order valence-corrected chi connectivity index (χ2v) is 6.34. The van der Waals surface area contributed by atoms with Crippen LogP contribution in [0.15, 0.2) is 60.9 Å². The van der Waals surface area contributed by atoms with Gasteiger partial charge in [0, 0.05) is 38.6 Å². The molecular formula is C20H21FN6. The first-order chi connectivity index (χ1) is 13.3. The number of piperazine rings is 1. The molecule has 0 unspecified atom stereocenters. The lowest BCUT2D eigenvalue weighted by Gasteiger charge is -2.36. The Morgan fingerprint density at radius 1 is 0.852 bits per heavy atom. The molecule has 1 N–H and O–H groups in total. The zero-order valence-electron chi connectivity index (χ0n) is 14.9. The monoisotopic (exact) mass is 364 g/mol. The summed E-state index contributed by atoms with van der Waals surface area (Å²) in [5, 5.41) is 3.28. The van der Waals surface area contributed by atoms with E-state index >= 15 is 0 Å². The lowest BCUT2D eigenvalue weighted by molar-refractivity contribution is 0.594. The van der Waals surface area contributed by atoms with Crippen LogP contribution in [0.2, 0.25) is 0 Å². The van der Waals surface area contributed by atoms with E-state index in [9.17, 15) is 4.39 Å². The highest BCUT2D eigenvalue weighted by atomic mass is 19.1. The molecular weight excluding hydrogens is 343 g/mol. The fourth-order valence-electron chi connectivity index (χ4n) is 3.14. The Morgan fingerprint density at radius 2 is 1.63 bits per heavy atom. The summed E-state index contributed by atoms with van der Waals surface area (Å²) in [6.07, 6.45) is 3.53. The molecule has 1 aromatic carbocycles. The van der Waals surface area contributed by atoms with Crippen molar-refractivity contribution in [1.82, 2.24) is 15.0 Å². The summed E-state index contributed by atoms with van der Waals surface area (Å²) in [4.78, 5) is 17.5. The van der Waals surface area contributed by atoms with Crippen LogP contribution in [-0.4, -0.2) is 41.1 Å². The molecule has 0 spiro atoms. The van der Waals surface area contributed by atoms with Gasteiger partial charge in [-0.15, -0.1) is 0 Å². The van der Waals surface area contributed by atoms with Gasteiger partial charge < -0.3 is 15.1 Å². The standard InChI is InChI=1S/C20H21FN6/c21-17-6-1-2-7-18(17)26-11-13-27(14-12-26)20-23-10-8-19(25-20)24-15-16-5-3-4-9-22-16/h1-10H,11-15H2,(H,23,24,25). The van der Waals surface area contributed by atoms with Gasteiger partial charge in [0.1, 0.15) is 11.6 Å². The van der Waals surface area contributed by atoms with Gasteiger partial charge in [0.15, 0.2) is 0 Å². The Kier molecular flexibility index (Phi) is 5.09. The summed E-state index contributed by atoms with van der Waals surface area (Å²) >= 11 is 0. The van der Waals surface area contributed by atoms with Crippen LogP contribution in [0, 0.1) is 5.82 Å². The topological polar surface area (TPSA) is 57.2 Å². The van der Waals surface area contributed by atoms with Gasteiger partial charge in [0.05, 0.1) is 17.9 Å². The summed E-state index contributed by atoms with van der Waals surface area (Å²) in [6, 6.07) is 14.6. The fraction of sp³-hybridized carbons (Fsp3) is 0.250. The lowest BCUT2D eigenvalue weighted by Crippen LogP contribution is -2.47. The molecule has 0 radical (unpaired) electrons. The predicted octanol–water partition coefficient (Wildman–Crippen LogP) is 2.95. The molecule has 0 atom stereocenters. The van der Waals surface area contributed by atoms with Crippen LogP contribution in [0.25, 0.3) is 0 Å². The van der Waals surface area contributed by atoms with Crippen molar-refractivity contribution in [2.24, 2.45) is 0 Å². The molecule has 1 aliphatic heterocycles. The summed E-state index contributed by atoms with van der Waals surface area (Å²) in [5.41, 5.74) is 1.61. The molecule has 27 heavy (non-hydrogen) atoms. The first-order valence-electron chi connectivity index (χ1n) is 9.01. The molecule has 138 valence electrons. The van der Waals surface area contributed by atoms with Crippen LogP contribution in [0.3, 0.4) is 0 Å². The minimum atomic E-state index is -0.178. The van der Waals surface area contributed by atoms with Crippen LogP contribution < -0.4 is 15.1 Å². The number of nitrogens with one attached hydrogen (secondary N) is 1. The van der Waals surface area contributed by atoms with E-state index in [0.29, 0.717) is 18.2 Å². The molecule has 2 aromatic heterocycles. The third-order valence-electron chi connectivity index (χ3n) is 4.58. The van der Waals surface area contributed by atoms with Crippen molar-refractivity contribution in [2.45, 2.75) is 6.54 Å². The third kappa shape index (κ3) is 4.13. The van der Waals surface area contributed by atoms with Gasteiger partial charge in [0.25, 0.3) is 0 Å². The molecule has 3 aromatic rings. The number of aromatic nitrogens is 3. The van der Waals surface area contributed by atoms with Gasteiger partial charge in [-0.1, -0.05) is 18.2 Å². The number of pyridine rings is 1. The van der Waals surface area contributed by atoms with Crippen LogP contribution >= 0.6 is 0 Å². The third-order valence-corrected chi connectivity index (χ3v) is 4.58. The summed E-state index contributed by atoms with van der Waals surface area (Å²) in [5.74, 6) is 1.28. The first kappa shape index (κ1) is 17.2. The van der Waals surface area contributed by atoms with Crippen LogP contribution in [0.5, 0.6) is 0 Å². The number of benzene rings is 1. The number of rotatable bonds is 5. The highest BCUT2D eigenvalue weighted by Gasteiger charge is 2.21. The van der Waals surface area contributed by atoms with Crippen molar-refractivity contribution in [3.63, 3.8) is 0 Å². The first-order valence-corrected chi connectivity index (χ1v) is 9.01. The van der Waals surface area contributed by atoms with Gasteiger partial charge in [0.2, 0.25) is 5.95 Å². The molecule has 1 fully saturated rings. The van der Waals surface area contributed by atoms with E-state index in [2.05, 4.69) is 30.1 Å². The van der Waals surface area contributed by atoms with E-state index in [1.807, 2.05) is 36.4 Å². The Hall–Kier alpha value is -3.22. The minimum Gasteiger partial charge on any atom is -0.366 e. The van der Waals surface area contributed by atoms with E-state index in [0.717, 1.165) is 37.7 Å². The van der Waals surface area contributed by atoms with Crippen LogP contribution in [-0.2, 0) is 6.54 Å². The Morgan fingerprint density at radius 3 is 2.41 bits per heavy atom. The predicted molar refractivity (Wildman–Crippen MR) is 104 cm³/mol. The molecule has 6 nitrogen and oxygen atoms in total. The number of para-hydroxylation sites is 1. The quantitative estimate of drug-likeness (QED) is 0.751. The zero-order chi connectivity index (χ0) is 18.5. The average molecular weight is 364 g/mol. The highest BCUT2D eigenvalue weighted by molar-refractivity contribution is 5.50. The fourth-order valence-corrected chi connectivity index (χ4v) is 3.14. The van der Waals surface area contributed by atoms with Crippen molar-refractivity contribution in [1.29, 1.82) is 0 Å². The van der Waals surface area contributed by atoms with Gasteiger partial charge in [-0.2, -0.15) is 4.98 Å². The summed E-state index contributed by atoms with van der Waals surface area (Å²) in [6.45, 7) is 3.57. The maximum absolute atomic E-state index is 14.0. The molecule has 0 aliphatic carbocycles.